The van der Waals surface area contributed by atoms with Crippen molar-refractivity contribution in [3.63, 3.8) is 0 Å². The minimum absolute atomic E-state index is 0.0524. The van der Waals surface area contributed by atoms with E-state index in [-0.39, 0.29) is 23.6 Å². The Labute approximate surface area is 146 Å². The second-order valence-electron chi connectivity index (χ2n) is 6.49. The molecule has 0 bridgehead atoms. The highest BCUT2D eigenvalue weighted by atomic mass is 19.1. The van der Waals surface area contributed by atoms with Crippen LogP contribution in [0.25, 0.3) is 0 Å². The Kier molecular flexibility index (Phi) is 5.31. The van der Waals surface area contributed by atoms with Gasteiger partial charge >= 0.3 is 6.03 Å². The van der Waals surface area contributed by atoms with Gasteiger partial charge in [-0.2, -0.15) is 0 Å². The average Bonchev–Trinajstić information content (AvgIpc) is 2.93. The molecule has 1 fully saturated rings. The summed E-state index contributed by atoms with van der Waals surface area (Å²) >= 11 is 0. The Hall–Kier alpha value is -2.43. The van der Waals surface area contributed by atoms with Crippen LogP contribution >= 0.6 is 0 Å². The molecule has 2 amide bonds. The first kappa shape index (κ1) is 17.4. The van der Waals surface area contributed by atoms with E-state index in [9.17, 15) is 13.6 Å². The number of urea groups is 1. The molecular weight excluding hydrogens is 322 g/mol. The third-order valence-electron chi connectivity index (χ3n) is 4.77. The van der Waals surface area contributed by atoms with Gasteiger partial charge in [-0.15, -0.1) is 0 Å². The number of rotatable bonds is 6. The predicted octanol–water partition coefficient (Wildman–Crippen LogP) is 4.24. The van der Waals surface area contributed by atoms with Crippen molar-refractivity contribution in [1.82, 2.24) is 9.80 Å². The average molecular weight is 344 g/mol. The Morgan fingerprint density at radius 1 is 0.920 bits per heavy atom. The summed E-state index contributed by atoms with van der Waals surface area (Å²) in [7, 11) is 1.81. The van der Waals surface area contributed by atoms with Crippen molar-refractivity contribution >= 4 is 6.03 Å². The molecule has 3 rings (SSSR count). The van der Waals surface area contributed by atoms with Crippen molar-refractivity contribution < 1.29 is 13.6 Å². The van der Waals surface area contributed by atoms with Gasteiger partial charge in [-0.25, -0.2) is 13.6 Å². The van der Waals surface area contributed by atoms with Gasteiger partial charge in [0.2, 0.25) is 0 Å². The fourth-order valence-electron chi connectivity index (χ4n) is 3.31. The van der Waals surface area contributed by atoms with E-state index in [1.54, 1.807) is 29.2 Å². The number of hydrogen-bond acceptors (Lipinski definition) is 1. The molecule has 3 nitrogen and oxygen atoms in total. The second-order valence-corrected chi connectivity index (χ2v) is 6.49. The van der Waals surface area contributed by atoms with Crippen LogP contribution in [0.4, 0.5) is 13.6 Å². The number of carbonyl (C=O) groups excluding carboxylic acids is 1. The molecule has 1 heterocycles. The van der Waals surface area contributed by atoms with Gasteiger partial charge in [-0.1, -0.05) is 24.3 Å². The maximum absolute atomic E-state index is 13.2. The molecule has 5 heteroatoms. The quantitative estimate of drug-likeness (QED) is 0.769. The molecule has 2 aromatic rings. The molecule has 0 aromatic heterocycles. The molecule has 132 valence electrons. The first-order valence-corrected chi connectivity index (χ1v) is 8.55. The molecule has 1 saturated heterocycles. The zero-order chi connectivity index (χ0) is 17.8. The summed E-state index contributed by atoms with van der Waals surface area (Å²) in [6.45, 7) is 2.22. The van der Waals surface area contributed by atoms with Gasteiger partial charge in [0.15, 0.2) is 0 Å². The molecule has 0 N–H and O–H groups in total. The van der Waals surface area contributed by atoms with Crippen LogP contribution in [0.1, 0.15) is 29.9 Å². The van der Waals surface area contributed by atoms with E-state index in [0.717, 1.165) is 37.1 Å². The maximum atomic E-state index is 13.2. The van der Waals surface area contributed by atoms with Crippen LogP contribution in [0.3, 0.4) is 0 Å². The Morgan fingerprint density at radius 2 is 1.44 bits per heavy atom. The number of nitrogens with zero attached hydrogens (tertiary/aromatic N) is 2. The van der Waals surface area contributed by atoms with Crippen LogP contribution in [-0.2, 0) is 0 Å². The van der Waals surface area contributed by atoms with Gasteiger partial charge in [0.1, 0.15) is 11.6 Å². The fourth-order valence-corrected chi connectivity index (χ4v) is 3.31. The smallest absolute Gasteiger partial charge is 0.319 e. The summed E-state index contributed by atoms with van der Waals surface area (Å²) in [4.78, 5) is 15.5. The standard InChI is InChI=1S/C20H22F2N2O/c1-23-13-14-24(20(23)25)12-2-3-19(15-4-8-17(21)9-5-15)16-6-10-18(22)11-7-16/h4-11,19H,2-3,12-14H2,1H3. The number of carbonyl (C=O) groups is 1. The molecule has 0 aliphatic carbocycles. The van der Waals surface area contributed by atoms with Gasteiger partial charge < -0.3 is 9.80 Å². The lowest BCUT2D eigenvalue weighted by atomic mass is 9.87. The Bertz CT molecular complexity index is 670. The monoisotopic (exact) mass is 344 g/mol. The summed E-state index contributed by atoms with van der Waals surface area (Å²) < 4.78 is 26.5. The summed E-state index contributed by atoms with van der Waals surface area (Å²) in [5.41, 5.74) is 2.00. The predicted molar refractivity (Wildman–Crippen MR) is 93.5 cm³/mol. The lowest BCUT2D eigenvalue weighted by Gasteiger charge is -2.21. The zero-order valence-electron chi connectivity index (χ0n) is 14.3. The van der Waals surface area contributed by atoms with Crippen molar-refractivity contribution in [2.75, 3.05) is 26.7 Å². The summed E-state index contributed by atoms with van der Waals surface area (Å²) in [5, 5.41) is 0. The molecule has 0 atom stereocenters. The minimum atomic E-state index is -0.271. The van der Waals surface area contributed by atoms with E-state index in [0.29, 0.717) is 6.54 Å². The van der Waals surface area contributed by atoms with Gasteiger partial charge in [0, 0.05) is 32.6 Å². The number of amides is 2. The highest BCUT2D eigenvalue weighted by Crippen LogP contribution is 2.30. The van der Waals surface area contributed by atoms with Crippen molar-refractivity contribution in [1.29, 1.82) is 0 Å². The topological polar surface area (TPSA) is 23.6 Å². The molecule has 0 unspecified atom stereocenters. The van der Waals surface area contributed by atoms with Crippen molar-refractivity contribution in [3.8, 4) is 0 Å². The molecule has 1 aliphatic rings. The van der Waals surface area contributed by atoms with Crippen LogP contribution < -0.4 is 0 Å². The molecule has 0 spiro atoms. The lowest BCUT2D eigenvalue weighted by molar-refractivity contribution is 0.197. The van der Waals surface area contributed by atoms with Crippen molar-refractivity contribution in [2.45, 2.75) is 18.8 Å². The second kappa shape index (κ2) is 7.64. The van der Waals surface area contributed by atoms with Crippen LogP contribution in [-0.4, -0.2) is 42.5 Å². The van der Waals surface area contributed by atoms with E-state index in [1.165, 1.54) is 24.3 Å². The van der Waals surface area contributed by atoms with Crippen molar-refractivity contribution in [2.24, 2.45) is 0 Å². The number of likely N-dealkylation sites (N-methyl/N-ethyl adjacent to an activating group) is 1. The minimum Gasteiger partial charge on any atom is -0.326 e. The Morgan fingerprint density at radius 3 is 1.88 bits per heavy atom. The van der Waals surface area contributed by atoms with Crippen LogP contribution in [0.15, 0.2) is 48.5 Å². The van der Waals surface area contributed by atoms with Gasteiger partial charge in [0.25, 0.3) is 0 Å². The molecule has 1 aliphatic heterocycles. The summed E-state index contributed by atoms with van der Waals surface area (Å²) in [6, 6.07) is 13.0. The van der Waals surface area contributed by atoms with Crippen LogP contribution in [0, 0.1) is 11.6 Å². The Balaban J connectivity index is 1.71. The largest absolute Gasteiger partial charge is 0.326 e. The van der Waals surface area contributed by atoms with E-state index in [2.05, 4.69) is 0 Å². The third-order valence-corrected chi connectivity index (χ3v) is 4.77. The van der Waals surface area contributed by atoms with Gasteiger partial charge in [-0.05, 0) is 48.2 Å². The highest BCUT2D eigenvalue weighted by Gasteiger charge is 2.25. The molecule has 2 aromatic carbocycles. The first-order valence-electron chi connectivity index (χ1n) is 8.55. The van der Waals surface area contributed by atoms with E-state index >= 15 is 0 Å². The highest BCUT2D eigenvalue weighted by molar-refractivity contribution is 5.76. The number of hydrogen-bond donors (Lipinski definition) is 0. The van der Waals surface area contributed by atoms with Gasteiger partial charge in [-0.3, -0.25) is 0 Å². The fraction of sp³-hybridized carbons (Fsp3) is 0.350. The SMILES string of the molecule is CN1CCN(CCCC(c2ccc(F)cc2)c2ccc(F)cc2)C1=O. The van der Waals surface area contributed by atoms with Crippen LogP contribution in [0.5, 0.6) is 0 Å². The summed E-state index contributed by atoms with van der Waals surface area (Å²) in [6.07, 6.45) is 1.64. The number of benzene rings is 2. The summed E-state index contributed by atoms with van der Waals surface area (Å²) in [5.74, 6) is -0.490. The van der Waals surface area contributed by atoms with E-state index in [4.69, 9.17) is 0 Å². The van der Waals surface area contributed by atoms with E-state index < -0.39 is 0 Å². The normalized spacial score (nSPS) is 14.6. The zero-order valence-corrected chi connectivity index (χ0v) is 14.3. The maximum Gasteiger partial charge on any atom is 0.319 e. The van der Waals surface area contributed by atoms with Gasteiger partial charge in [0.05, 0.1) is 0 Å². The van der Waals surface area contributed by atoms with Crippen molar-refractivity contribution in [3.05, 3.63) is 71.3 Å². The van der Waals surface area contributed by atoms with E-state index in [1.807, 2.05) is 11.9 Å². The molecule has 25 heavy (non-hydrogen) atoms. The first-order chi connectivity index (χ1) is 12.0. The number of halogens is 2. The lowest BCUT2D eigenvalue weighted by Crippen LogP contribution is -2.30. The van der Waals surface area contributed by atoms with Crippen LogP contribution in [0.2, 0.25) is 0 Å². The molecule has 0 radical (unpaired) electrons. The molecular formula is C20H22F2N2O. The third kappa shape index (κ3) is 4.16. The molecule has 0 saturated carbocycles.